The molecule has 5 heteroatoms. The van der Waals surface area contributed by atoms with Crippen LogP contribution in [0.3, 0.4) is 0 Å². The number of amides is 1. The quantitative estimate of drug-likeness (QED) is 0.220. The van der Waals surface area contributed by atoms with Crippen LogP contribution in [0.5, 0.6) is 5.75 Å². The number of phenolic OH excluding ortho intramolecular Hbond substituents is 1. The highest BCUT2D eigenvalue weighted by Crippen LogP contribution is 2.46. The fourth-order valence-corrected chi connectivity index (χ4v) is 5.19. The maximum Gasteiger partial charge on any atom is 0.259 e. The van der Waals surface area contributed by atoms with Crippen molar-refractivity contribution in [2.75, 3.05) is 5.32 Å². The molecule has 0 heterocycles. The molecule has 5 rings (SSSR count). The van der Waals surface area contributed by atoms with Crippen LogP contribution < -0.4 is 5.32 Å². The van der Waals surface area contributed by atoms with Gasteiger partial charge in [0.2, 0.25) is 0 Å². The van der Waals surface area contributed by atoms with Gasteiger partial charge in [-0.3, -0.25) is 4.79 Å². The van der Waals surface area contributed by atoms with Crippen LogP contribution >= 0.6 is 23.2 Å². The summed E-state index contributed by atoms with van der Waals surface area (Å²) < 4.78 is 0. The monoisotopic (exact) mass is 523 g/mol. The van der Waals surface area contributed by atoms with Gasteiger partial charge in [0.1, 0.15) is 5.75 Å². The lowest BCUT2D eigenvalue weighted by Crippen LogP contribution is -2.31. The molecule has 0 saturated carbocycles. The average molecular weight is 524 g/mol. The van der Waals surface area contributed by atoms with Crippen molar-refractivity contribution in [3.8, 4) is 5.75 Å². The third kappa shape index (κ3) is 4.72. The van der Waals surface area contributed by atoms with Crippen molar-refractivity contribution in [3.63, 3.8) is 0 Å². The summed E-state index contributed by atoms with van der Waals surface area (Å²) in [7, 11) is 0. The van der Waals surface area contributed by atoms with Gasteiger partial charge in [0.15, 0.2) is 0 Å². The van der Waals surface area contributed by atoms with Crippen molar-refractivity contribution in [2.45, 2.75) is 5.41 Å². The van der Waals surface area contributed by atoms with E-state index >= 15 is 0 Å². The summed E-state index contributed by atoms with van der Waals surface area (Å²) in [6.07, 6.45) is 0. The van der Waals surface area contributed by atoms with Crippen LogP contribution in [0.1, 0.15) is 32.6 Å². The minimum atomic E-state index is -0.648. The Morgan fingerprint density at radius 3 is 1.59 bits per heavy atom. The van der Waals surface area contributed by atoms with Crippen LogP contribution in [0.4, 0.5) is 5.69 Å². The van der Waals surface area contributed by atoms with E-state index < -0.39 is 11.3 Å². The normalized spacial score (nSPS) is 11.2. The first-order valence-corrected chi connectivity index (χ1v) is 12.5. The average Bonchev–Trinajstić information content (AvgIpc) is 2.92. The SMILES string of the molecule is O=C(Nc1ccc(C(c2ccccc2)(c2ccccc2)c2ccccc2)cc1Cl)c1ccc(Cl)cc1O. The van der Waals surface area contributed by atoms with Gasteiger partial charge in [-0.25, -0.2) is 0 Å². The first kappa shape index (κ1) is 24.6. The molecule has 0 atom stereocenters. The van der Waals surface area contributed by atoms with Gasteiger partial charge in [-0.1, -0.05) is 120 Å². The minimum Gasteiger partial charge on any atom is -0.507 e. The Hall–Kier alpha value is -4.05. The fraction of sp³-hybridized carbons (Fsp3) is 0.0312. The second-order valence-corrected chi connectivity index (χ2v) is 9.50. The van der Waals surface area contributed by atoms with E-state index in [1.54, 1.807) is 12.1 Å². The molecule has 0 bridgehead atoms. The van der Waals surface area contributed by atoms with E-state index in [1.807, 2.05) is 66.7 Å². The number of halogens is 2. The number of hydrogen-bond donors (Lipinski definition) is 2. The number of benzene rings is 5. The second kappa shape index (κ2) is 10.5. The van der Waals surface area contributed by atoms with Crippen LogP contribution in [-0.2, 0) is 5.41 Å². The zero-order valence-electron chi connectivity index (χ0n) is 19.7. The van der Waals surface area contributed by atoms with Crippen LogP contribution in [0, 0.1) is 0 Å². The van der Waals surface area contributed by atoms with Gasteiger partial charge in [0, 0.05) is 5.02 Å². The molecular formula is C32H23Cl2NO2. The first-order valence-electron chi connectivity index (χ1n) is 11.8. The molecule has 2 N–H and O–H groups in total. The van der Waals surface area contributed by atoms with E-state index in [1.165, 1.54) is 12.1 Å². The number of anilines is 1. The van der Waals surface area contributed by atoms with Crippen LogP contribution in [0.15, 0.2) is 127 Å². The van der Waals surface area contributed by atoms with Gasteiger partial charge >= 0.3 is 0 Å². The zero-order valence-corrected chi connectivity index (χ0v) is 21.2. The number of hydrogen-bond acceptors (Lipinski definition) is 2. The summed E-state index contributed by atoms with van der Waals surface area (Å²) in [5.41, 5.74) is 4.12. The van der Waals surface area contributed by atoms with Crippen molar-refractivity contribution >= 4 is 34.8 Å². The van der Waals surface area contributed by atoms with Crippen LogP contribution in [0.2, 0.25) is 10.0 Å². The third-order valence-corrected chi connectivity index (χ3v) is 7.02. The molecule has 0 unspecified atom stereocenters. The van der Waals surface area contributed by atoms with Crippen molar-refractivity contribution in [2.24, 2.45) is 0 Å². The number of phenols is 1. The molecule has 3 nitrogen and oxygen atoms in total. The van der Waals surface area contributed by atoms with Crippen molar-refractivity contribution in [1.29, 1.82) is 0 Å². The molecular weight excluding hydrogens is 501 g/mol. The molecule has 0 saturated heterocycles. The topological polar surface area (TPSA) is 49.3 Å². The molecule has 5 aromatic rings. The standard InChI is InChI=1S/C32H23Cl2NO2/c33-26-17-18-27(30(36)21-26)31(37)35-29-19-16-25(20-28(29)34)32(22-10-4-1-5-11-22,23-12-6-2-7-13-23)24-14-8-3-9-15-24/h1-21,36H,(H,35,37). The summed E-state index contributed by atoms with van der Waals surface area (Å²) >= 11 is 12.7. The van der Waals surface area contributed by atoms with Gasteiger partial charge in [-0.2, -0.15) is 0 Å². The Bertz CT molecular complexity index is 1440. The lowest BCUT2D eigenvalue weighted by molar-refractivity contribution is 0.102. The Labute approximate surface area is 226 Å². The van der Waals surface area contributed by atoms with E-state index in [-0.39, 0.29) is 11.3 Å². The number of aromatic hydroxyl groups is 1. The van der Waals surface area contributed by atoms with Crippen LogP contribution in [0.25, 0.3) is 0 Å². The van der Waals surface area contributed by atoms with Gasteiger partial charge in [-0.15, -0.1) is 0 Å². The van der Waals surface area contributed by atoms with E-state index in [2.05, 4.69) is 41.7 Å². The van der Waals surface area contributed by atoms with Crippen LogP contribution in [-0.4, -0.2) is 11.0 Å². The summed E-state index contributed by atoms with van der Waals surface area (Å²) in [6.45, 7) is 0. The lowest BCUT2D eigenvalue weighted by Gasteiger charge is -2.37. The lowest BCUT2D eigenvalue weighted by atomic mass is 9.65. The minimum absolute atomic E-state index is 0.108. The number of nitrogens with one attached hydrogen (secondary N) is 1. The van der Waals surface area contributed by atoms with Gasteiger partial charge < -0.3 is 10.4 Å². The highest BCUT2D eigenvalue weighted by Gasteiger charge is 2.38. The number of carbonyl (C=O) groups excluding carboxylic acids is 1. The summed E-state index contributed by atoms with van der Waals surface area (Å²) in [4.78, 5) is 12.9. The van der Waals surface area contributed by atoms with E-state index in [9.17, 15) is 9.90 Å². The molecule has 0 aromatic heterocycles. The number of rotatable bonds is 6. The second-order valence-electron chi connectivity index (χ2n) is 8.66. The van der Waals surface area contributed by atoms with Crippen molar-refractivity contribution < 1.29 is 9.90 Å². The first-order chi connectivity index (χ1) is 18.0. The molecule has 0 aliphatic heterocycles. The predicted octanol–water partition coefficient (Wildman–Crippen LogP) is 8.33. The predicted molar refractivity (Wildman–Crippen MR) is 151 cm³/mol. The fourth-order valence-electron chi connectivity index (χ4n) is 4.80. The van der Waals surface area contributed by atoms with E-state index in [4.69, 9.17) is 23.2 Å². The molecule has 37 heavy (non-hydrogen) atoms. The smallest absolute Gasteiger partial charge is 0.259 e. The summed E-state index contributed by atoms with van der Waals surface area (Å²) in [6, 6.07) is 40.9. The maximum absolute atomic E-state index is 12.9. The molecule has 0 radical (unpaired) electrons. The van der Waals surface area contributed by atoms with E-state index in [0.29, 0.717) is 15.7 Å². The molecule has 0 aliphatic rings. The molecule has 0 spiro atoms. The molecule has 0 aliphatic carbocycles. The Morgan fingerprint density at radius 2 is 1.14 bits per heavy atom. The molecule has 182 valence electrons. The van der Waals surface area contributed by atoms with Crippen molar-refractivity contribution in [1.82, 2.24) is 0 Å². The van der Waals surface area contributed by atoms with Gasteiger partial charge in [-0.05, 0) is 52.6 Å². The van der Waals surface area contributed by atoms with E-state index in [0.717, 1.165) is 22.3 Å². The Balaban J connectivity index is 1.65. The molecule has 1 amide bonds. The number of carbonyl (C=O) groups is 1. The summed E-state index contributed by atoms with van der Waals surface area (Å²) in [5.74, 6) is -0.682. The largest absolute Gasteiger partial charge is 0.507 e. The highest BCUT2D eigenvalue weighted by molar-refractivity contribution is 6.34. The third-order valence-electron chi connectivity index (χ3n) is 6.48. The zero-order chi connectivity index (χ0) is 25.8. The van der Waals surface area contributed by atoms with Gasteiger partial charge in [0.05, 0.1) is 21.7 Å². The summed E-state index contributed by atoms with van der Waals surface area (Å²) in [5, 5.41) is 13.7. The molecule has 5 aromatic carbocycles. The van der Waals surface area contributed by atoms with Gasteiger partial charge in [0.25, 0.3) is 5.91 Å². The van der Waals surface area contributed by atoms with Crippen molar-refractivity contribution in [3.05, 3.63) is 165 Å². The maximum atomic E-state index is 12.9. The highest BCUT2D eigenvalue weighted by atomic mass is 35.5. The Morgan fingerprint density at radius 1 is 0.622 bits per heavy atom. The Kier molecular flexibility index (Phi) is 7.00. The molecule has 0 fully saturated rings.